The molecule has 0 saturated heterocycles. The molecule has 0 bridgehead atoms. The number of anilines is 2. The minimum Gasteiger partial charge on any atom is -0.465 e. The summed E-state index contributed by atoms with van der Waals surface area (Å²) in [6, 6.07) is 3.61. The fourth-order valence-electron chi connectivity index (χ4n) is 2.96. The highest BCUT2D eigenvalue weighted by Crippen LogP contribution is 2.34. The number of ether oxygens (including phenoxy) is 1. The predicted molar refractivity (Wildman–Crippen MR) is 86.9 cm³/mol. The fraction of sp³-hybridized carbons (Fsp3) is 0.562. The number of esters is 1. The number of carbonyl (C=O) groups excluding carboxylic acids is 1. The summed E-state index contributed by atoms with van der Waals surface area (Å²) in [5.41, 5.74) is 7.27. The summed E-state index contributed by atoms with van der Waals surface area (Å²) in [5, 5.41) is 3.88. The molecule has 0 heterocycles. The summed E-state index contributed by atoms with van der Waals surface area (Å²) in [4.78, 5) is 11.9. The fourth-order valence-corrected chi connectivity index (χ4v) is 3.25. The lowest BCUT2D eigenvalue weighted by molar-refractivity contribution is 0.0602. The highest BCUT2D eigenvalue weighted by Gasteiger charge is 2.23. The van der Waals surface area contributed by atoms with E-state index in [0.29, 0.717) is 28.0 Å². The van der Waals surface area contributed by atoms with E-state index < -0.39 is 5.97 Å². The van der Waals surface area contributed by atoms with Gasteiger partial charge in [-0.3, -0.25) is 0 Å². The second kappa shape index (κ2) is 7.03. The molecule has 0 amide bonds. The van der Waals surface area contributed by atoms with E-state index in [-0.39, 0.29) is 0 Å². The first-order valence-electron chi connectivity index (χ1n) is 7.49. The van der Waals surface area contributed by atoms with Crippen molar-refractivity contribution < 1.29 is 9.53 Å². The highest BCUT2D eigenvalue weighted by atomic mass is 35.5. The van der Waals surface area contributed by atoms with E-state index in [1.54, 1.807) is 12.1 Å². The lowest BCUT2D eigenvalue weighted by Crippen LogP contribution is -2.27. The van der Waals surface area contributed by atoms with Gasteiger partial charge in [0.05, 0.1) is 23.4 Å². The van der Waals surface area contributed by atoms with Crippen LogP contribution in [-0.4, -0.2) is 19.1 Å². The van der Waals surface area contributed by atoms with Crippen LogP contribution in [0.25, 0.3) is 0 Å². The maximum Gasteiger partial charge on any atom is 0.340 e. The number of hydrogen-bond acceptors (Lipinski definition) is 4. The number of rotatable bonds is 4. The van der Waals surface area contributed by atoms with Gasteiger partial charge in [-0.1, -0.05) is 24.9 Å². The standard InChI is InChI=1S/C16H23ClN2O2/c1-3-10-4-6-12(7-5-10)19-15-13(16(20)21-2)8-11(18)9-14(15)17/h8-10,12,19H,3-7,18H2,1-2H3. The molecule has 0 atom stereocenters. The Balaban J connectivity index is 2.17. The van der Waals surface area contributed by atoms with Crippen LogP contribution in [0.3, 0.4) is 0 Å². The molecule has 1 aromatic carbocycles. The molecule has 5 heteroatoms. The molecule has 3 N–H and O–H groups in total. The Morgan fingerprint density at radius 1 is 1.38 bits per heavy atom. The lowest BCUT2D eigenvalue weighted by atomic mass is 9.84. The maximum atomic E-state index is 11.9. The van der Waals surface area contributed by atoms with Gasteiger partial charge in [-0.2, -0.15) is 0 Å². The summed E-state index contributed by atoms with van der Waals surface area (Å²) >= 11 is 6.26. The van der Waals surface area contributed by atoms with Crippen LogP contribution in [0.2, 0.25) is 5.02 Å². The lowest BCUT2D eigenvalue weighted by Gasteiger charge is -2.30. The van der Waals surface area contributed by atoms with E-state index in [1.807, 2.05) is 0 Å². The number of nitrogens with two attached hydrogens (primary N) is 1. The van der Waals surface area contributed by atoms with Crippen LogP contribution in [0.15, 0.2) is 12.1 Å². The van der Waals surface area contributed by atoms with E-state index >= 15 is 0 Å². The smallest absolute Gasteiger partial charge is 0.340 e. The molecular formula is C16H23ClN2O2. The third-order valence-corrected chi connectivity index (χ3v) is 4.59. The third-order valence-electron chi connectivity index (χ3n) is 4.29. The zero-order chi connectivity index (χ0) is 15.4. The molecule has 1 aliphatic carbocycles. The molecule has 0 aliphatic heterocycles. The molecular weight excluding hydrogens is 288 g/mol. The van der Waals surface area contributed by atoms with Crippen molar-refractivity contribution >= 4 is 28.9 Å². The van der Waals surface area contributed by atoms with Crippen molar-refractivity contribution in [3.63, 3.8) is 0 Å². The molecule has 0 radical (unpaired) electrons. The molecule has 4 nitrogen and oxygen atoms in total. The Morgan fingerprint density at radius 3 is 2.62 bits per heavy atom. The van der Waals surface area contributed by atoms with Crippen molar-refractivity contribution in [2.24, 2.45) is 5.92 Å². The number of halogens is 1. The molecule has 116 valence electrons. The summed E-state index contributed by atoms with van der Waals surface area (Å²) in [5.74, 6) is 0.402. The van der Waals surface area contributed by atoms with Gasteiger partial charge < -0.3 is 15.8 Å². The van der Waals surface area contributed by atoms with Crippen LogP contribution in [0.4, 0.5) is 11.4 Å². The van der Waals surface area contributed by atoms with E-state index in [2.05, 4.69) is 12.2 Å². The van der Waals surface area contributed by atoms with Gasteiger partial charge >= 0.3 is 5.97 Å². The SMILES string of the molecule is CCC1CCC(Nc2c(Cl)cc(N)cc2C(=O)OC)CC1. The van der Waals surface area contributed by atoms with Crippen LogP contribution in [-0.2, 0) is 4.74 Å². The maximum absolute atomic E-state index is 11.9. The summed E-state index contributed by atoms with van der Waals surface area (Å²) < 4.78 is 4.82. The van der Waals surface area contributed by atoms with E-state index in [4.69, 9.17) is 22.1 Å². The Kier molecular flexibility index (Phi) is 5.34. The Labute approximate surface area is 131 Å². The van der Waals surface area contributed by atoms with Crippen molar-refractivity contribution in [3.8, 4) is 0 Å². The molecule has 0 unspecified atom stereocenters. The van der Waals surface area contributed by atoms with E-state index in [9.17, 15) is 4.79 Å². The Bertz CT molecular complexity index is 511. The van der Waals surface area contributed by atoms with Crippen LogP contribution in [0, 0.1) is 5.92 Å². The van der Waals surface area contributed by atoms with Crippen molar-refractivity contribution in [3.05, 3.63) is 22.7 Å². The van der Waals surface area contributed by atoms with Crippen molar-refractivity contribution in [1.82, 2.24) is 0 Å². The number of hydrogen-bond donors (Lipinski definition) is 2. The summed E-state index contributed by atoms with van der Waals surface area (Å²) in [7, 11) is 1.36. The van der Waals surface area contributed by atoms with E-state index in [1.165, 1.54) is 26.4 Å². The Hall–Kier alpha value is -1.42. The second-order valence-corrected chi connectivity index (χ2v) is 6.09. The quantitative estimate of drug-likeness (QED) is 0.649. The highest BCUT2D eigenvalue weighted by molar-refractivity contribution is 6.34. The van der Waals surface area contributed by atoms with Crippen molar-refractivity contribution in [2.45, 2.75) is 45.1 Å². The molecule has 1 aromatic rings. The van der Waals surface area contributed by atoms with E-state index in [0.717, 1.165) is 18.8 Å². The van der Waals surface area contributed by atoms with Crippen molar-refractivity contribution in [1.29, 1.82) is 0 Å². The molecule has 0 spiro atoms. The zero-order valence-electron chi connectivity index (χ0n) is 12.6. The average molecular weight is 311 g/mol. The second-order valence-electron chi connectivity index (χ2n) is 5.69. The zero-order valence-corrected chi connectivity index (χ0v) is 13.4. The first kappa shape index (κ1) is 16.0. The number of methoxy groups -OCH3 is 1. The van der Waals surface area contributed by atoms with Crippen molar-refractivity contribution in [2.75, 3.05) is 18.2 Å². The van der Waals surface area contributed by atoms with Gasteiger partial charge in [0.25, 0.3) is 0 Å². The van der Waals surface area contributed by atoms with Crippen LogP contribution in [0.5, 0.6) is 0 Å². The van der Waals surface area contributed by atoms with Crippen LogP contribution >= 0.6 is 11.6 Å². The predicted octanol–water partition coefficient (Wildman–Crippen LogP) is 4.09. The normalized spacial score (nSPS) is 21.9. The molecule has 21 heavy (non-hydrogen) atoms. The Morgan fingerprint density at radius 2 is 2.05 bits per heavy atom. The van der Waals surface area contributed by atoms with Gasteiger partial charge in [0.15, 0.2) is 0 Å². The number of carbonyl (C=O) groups is 1. The molecule has 2 rings (SSSR count). The van der Waals surface area contributed by atoms with Gasteiger partial charge in [-0.05, 0) is 43.7 Å². The average Bonchev–Trinajstić information content (AvgIpc) is 2.49. The van der Waals surface area contributed by atoms with Crippen LogP contribution < -0.4 is 11.1 Å². The summed E-state index contributed by atoms with van der Waals surface area (Å²) in [6.45, 7) is 2.24. The largest absolute Gasteiger partial charge is 0.465 e. The number of nitrogen functional groups attached to an aromatic ring is 1. The van der Waals surface area contributed by atoms with Gasteiger partial charge in [0.2, 0.25) is 0 Å². The topological polar surface area (TPSA) is 64.3 Å². The number of nitrogens with one attached hydrogen (secondary N) is 1. The van der Waals surface area contributed by atoms with Crippen LogP contribution in [0.1, 0.15) is 49.4 Å². The first-order valence-corrected chi connectivity index (χ1v) is 7.86. The monoisotopic (exact) mass is 310 g/mol. The number of benzene rings is 1. The molecule has 1 saturated carbocycles. The molecule has 1 aliphatic rings. The van der Waals surface area contributed by atoms with Gasteiger partial charge in [0.1, 0.15) is 0 Å². The van der Waals surface area contributed by atoms with Gasteiger partial charge in [-0.15, -0.1) is 0 Å². The van der Waals surface area contributed by atoms with Gasteiger partial charge in [0, 0.05) is 11.7 Å². The summed E-state index contributed by atoms with van der Waals surface area (Å²) in [6.07, 6.45) is 5.87. The minimum atomic E-state index is -0.422. The molecule has 1 fully saturated rings. The third kappa shape index (κ3) is 3.82. The first-order chi connectivity index (χ1) is 10.0. The molecule has 0 aromatic heterocycles. The minimum absolute atomic E-state index is 0.345. The van der Waals surface area contributed by atoms with Gasteiger partial charge in [-0.25, -0.2) is 4.79 Å².